The largest absolute Gasteiger partial charge is 0.355 e. The Morgan fingerprint density at radius 1 is 1.39 bits per heavy atom. The van der Waals surface area contributed by atoms with Gasteiger partial charge in [-0.25, -0.2) is 0 Å². The molecule has 0 aliphatic heterocycles. The number of carbonyl (C=O) groups is 1. The van der Waals surface area contributed by atoms with Crippen LogP contribution in [0, 0.1) is 5.92 Å². The Hall–Kier alpha value is -0.610. The van der Waals surface area contributed by atoms with Gasteiger partial charge in [-0.05, 0) is 39.7 Å². The Morgan fingerprint density at radius 2 is 2.06 bits per heavy atom. The molecule has 0 aromatic carbocycles. The standard InChI is InChI=1S/C14H29N3O/c1-11(2)17(3)9-8-16-14(18)10-12-6-4-5-7-13(12)15/h11-13H,4-10,15H2,1-3H3,(H,16,18). The molecule has 0 radical (unpaired) electrons. The van der Waals surface area contributed by atoms with Crippen molar-refractivity contribution in [3.05, 3.63) is 0 Å². The number of amides is 1. The maximum atomic E-state index is 11.8. The third kappa shape index (κ3) is 5.36. The highest BCUT2D eigenvalue weighted by Crippen LogP contribution is 2.25. The first-order chi connectivity index (χ1) is 8.50. The first-order valence-electron chi connectivity index (χ1n) is 7.23. The number of likely N-dealkylation sites (N-methyl/N-ethyl adjacent to an activating group) is 1. The maximum Gasteiger partial charge on any atom is 0.220 e. The zero-order valence-corrected chi connectivity index (χ0v) is 12.1. The maximum absolute atomic E-state index is 11.8. The number of nitrogens with zero attached hydrogens (tertiary/aromatic N) is 1. The van der Waals surface area contributed by atoms with E-state index in [-0.39, 0.29) is 11.9 Å². The molecule has 1 saturated carbocycles. The summed E-state index contributed by atoms with van der Waals surface area (Å²) in [6.07, 6.45) is 5.24. The summed E-state index contributed by atoms with van der Waals surface area (Å²) in [6.45, 7) is 5.95. The van der Waals surface area contributed by atoms with Crippen molar-refractivity contribution < 1.29 is 4.79 Å². The van der Waals surface area contributed by atoms with Gasteiger partial charge in [0.15, 0.2) is 0 Å². The molecule has 2 unspecified atom stereocenters. The molecular formula is C14H29N3O. The molecule has 0 saturated heterocycles. The van der Waals surface area contributed by atoms with E-state index in [4.69, 9.17) is 5.73 Å². The van der Waals surface area contributed by atoms with Gasteiger partial charge in [-0.3, -0.25) is 4.79 Å². The Balaban J connectivity index is 2.17. The lowest BCUT2D eigenvalue weighted by Crippen LogP contribution is -2.39. The van der Waals surface area contributed by atoms with Gasteiger partial charge in [0.1, 0.15) is 0 Å². The van der Waals surface area contributed by atoms with Gasteiger partial charge in [-0.15, -0.1) is 0 Å². The summed E-state index contributed by atoms with van der Waals surface area (Å²) in [5.41, 5.74) is 6.06. The average molecular weight is 255 g/mol. The van der Waals surface area contributed by atoms with Crippen LogP contribution in [0.5, 0.6) is 0 Å². The van der Waals surface area contributed by atoms with Crippen LogP contribution in [0.1, 0.15) is 46.0 Å². The van der Waals surface area contributed by atoms with E-state index in [9.17, 15) is 4.79 Å². The van der Waals surface area contributed by atoms with Crippen LogP contribution >= 0.6 is 0 Å². The second kappa shape index (κ2) is 7.74. The second-order valence-electron chi connectivity index (χ2n) is 5.84. The highest BCUT2D eigenvalue weighted by molar-refractivity contribution is 5.76. The van der Waals surface area contributed by atoms with E-state index in [1.165, 1.54) is 12.8 Å². The van der Waals surface area contributed by atoms with Crippen molar-refractivity contribution in [1.29, 1.82) is 0 Å². The fraction of sp³-hybridized carbons (Fsp3) is 0.929. The molecule has 2 atom stereocenters. The number of nitrogens with one attached hydrogen (secondary N) is 1. The molecule has 1 aliphatic rings. The summed E-state index contributed by atoms with van der Waals surface area (Å²) in [4.78, 5) is 14.1. The zero-order chi connectivity index (χ0) is 13.5. The predicted molar refractivity (Wildman–Crippen MR) is 75.3 cm³/mol. The summed E-state index contributed by atoms with van der Waals surface area (Å²) in [5, 5.41) is 3.00. The van der Waals surface area contributed by atoms with E-state index < -0.39 is 0 Å². The van der Waals surface area contributed by atoms with Crippen molar-refractivity contribution in [1.82, 2.24) is 10.2 Å². The van der Waals surface area contributed by atoms with E-state index in [2.05, 4.69) is 31.1 Å². The van der Waals surface area contributed by atoms with Crippen LogP contribution in [0.2, 0.25) is 0 Å². The number of carbonyl (C=O) groups excluding carboxylic acids is 1. The fourth-order valence-corrected chi connectivity index (χ4v) is 2.43. The van der Waals surface area contributed by atoms with Crippen LogP contribution in [0.25, 0.3) is 0 Å². The quantitative estimate of drug-likeness (QED) is 0.753. The summed E-state index contributed by atoms with van der Waals surface area (Å²) in [5.74, 6) is 0.552. The second-order valence-corrected chi connectivity index (χ2v) is 5.84. The normalized spacial score (nSPS) is 24.6. The molecule has 4 nitrogen and oxygen atoms in total. The molecule has 0 bridgehead atoms. The van der Waals surface area contributed by atoms with Gasteiger partial charge in [0.25, 0.3) is 0 Å². The monoisotopic (exact) mass is 255 g/mol. The van der Waals surface area contributed by atoms with Gasteiger partial charge >= 0.3 is 0 Å². The minimum absolute atomic E-state index is 0.162. The van der Waals surface area contributed by atoms with Gasteiger partial charge in [0, 0.05) is 31.6 Å². The third-order valence-electron chi connectivity index (χ3n) is 4.08. The highest BCUT2D eigenvalue weighted by Gasteiger charge is 2.23. The Labute approximate surface area is 111 Å². The summed E-state index contributed by atoms with van der Waals surface area (Å²) in [6, 6.07) is 0.747. The van der Waals surface area contributed by atoms with Crippen molar-refractivity contribution in [3.63, 3.8) is 0 Å². The molecule has 106 valence electrons. The van der Waals surface area contributed by atoms with Crippen molar-refractivity contribution >= 4 is 5.91 Å². The smallest absolute Gasteiger partial charge is 0.220 e. The minimum atomic E-state index is 0.162. The van der Waals surface area contributed by atoms with E-state index >= 15 is 0 Å². The lowest BCUT2D eigenvalue weighted by Gasteiger charge is -2.28. The van der Waals surface area contributed by atoms with Gasteiger partial charge in [-0.2, -0.15) is 0 Å². The van der Waals surface area contributed by atoms with Crippen LogP contribution in [-0.4, -0.2) is 43.0 Å². The van der Waals surface area contributed by atoms with Crippen molar-refractivity contribution in [2.45, 2.75) is 58.0 Å². The predicted octanol–water partition coefficient (Wildman–Crippen LogP) is 1.35. The van der Waals surface area contributed by atoms with Crippen molar-refractivity contribution in [2.24, 2.45) is 11.7 Å². The number of hydrogen-bond acceptors (Lipinski definition) is 3. The molecule has 1 fully saturated rings. The molecule has 0 spiro atoms. The van der Waals surface area contributed by atoms with Crippen LogP contribution < -0.4 is 11.1 Å². The lowest BCUT2D eigenvalue weighted by molar-refractivity contribution is -0.122. The molecular weight excluding hydrogens is 226 g/mol. The van der Waals surface area contributed by atoms with Crippen LogP contribution in [-0.2, 0) is 4.79 Å². The van der Waals surface area contributed by atoms with Crippen molar-refractivity contribution in [3.8, 4) is 0 Å². The van der Waals surface area contributed by atoms with E-state index in [0.717, 1.165) is 25.9 Å². The fourth-order valence-electron chi connectivity index (χ4n) is 2.43. The first-order valence-corrected chi connectivity index (χ1v) is 7.23. The molecule has 18 heavy (non-hydrogen) atoms. The summed E-state index contributed by atoms with van der Waals surface area (Å²) < 4.78 is 0. The summed E-state index contributed by atoms with van der Waals surface area (Å²) in [7, 11) is 2.08. The van der Waals surface area contributed by atoms with E-state index in [1.807, 2.05) is 0 Å². The van der Waals surface area contributed by atoms with Gasteiger partial charge in [-0.1, -0.05) is 12.8 Å². The molecule has 0 heterocycles. The Bertz CT molecular complexity index is 255. The number of nitrogens with two attached hydrogens (primary N) is 1. The molecule has 0 aromatic heterocycles. The highest BCUT2D eigenvalue weighted by atomic mass is 16.1. The van der Waals surface area contributed by atoms with Gasteiger partial charge in [0.05, 0.1) is 0 Å². The van der Waals surface area contributed by atoms with E-state index in [0.29, 0.717) is 18.4 Å². The van der Waals surface area contributed by atoms with E-state index in [1.54, 1.807) is 0 Å². The van der Waals surface area contributed by atoms with Crippen LogP contribution in [0.15, 0.2) is 0 Å². The minimum Gasteiger partial charge on any atom is -0.355 e. The summed E-state index contributed by atoms with van der Waals surface area (Å²) >= 11 is 0. The lowest BCUT2D eigenvalue weighted by atomic mass is 9.83. The third-order valence-corrected chi connectivity index (χ3v) is 4.08. The van der Waals surface area contributed by atoms with Crippen LogP contribution in [0.4, 0.5) is 0 Å². The van der Waals surface area contributed by atoms with Gasteiger partial charge < -0.3 is 16.0 Å². The Kier molecular flexibility index (Phi) is 6.65. The molecule has 0 aromatic rings. The molecule has 1 rings (SSSR count). The SMILES string of the molecule is CC(C)N(C)CCNC(=O)CC1CCCCC1N. The van der Waals surface area contributed by atoms with Crippen LogP contribution in [0.3, 0.4) is 0 Å². The average Bonchev–Trinajstić information content (AvgIpc) is 2.32. The molecule has 3 N–H and O–H groups in total. The molecule has 1 aliphatic carbocycles. The van der Waals surface area contributed by atoms with Crippen molar-refractivity contribution in [2.75, 3.05) is 20.1 Å². The topological polar surface area (TPSA) is 58.4 Å². The number of rotatable bonds is 6. The van der Waals surface area contributed by atoms with Gasteiger partial charge in [0.2, 0.25) is 5.91 Å². The first kappa shape index (κ1) is 15.4. The molecule has 4 heteroatoms. The molecule has 1 amide bonds. The zero-order valence-electron chi connectivity index (χ0n) is 12.1. The Morgan fingerprint density at radius 3 is 2.67 bits per heavy atom. The number of hydrogen-bond donors (Lipinski definition) is 2.